The Hall–Kier alpha value is -2.29. The van der Waals surface area contributed by atoms with Crippen LogP contribution in [0, 0.1) is 11.7 Å². The summed E-state index contributed by atoms with van der Waals surface area (Å²) in [7, 11) is -1.38. The van der Waals surface area contributed by atoms with Gasteiger partial charge in [-0.15, -0.1) is 0 Å². The lowest BCUT2D eigenvalue weighted by Gasteiger charge is -2.47. The number of nitrogens with zero attached hydrogens (tertiary/aromatic N) is 3. The van der Waals surface area contributed by atoms with Gasteiger partial charge in [-0.05, 0) is 99.1 Å². The van der Waals surface area contributed by atoms with Crippen LogP contribution in [0.2, 0.25) is 0 Å². The van der Waals surface area contributed by atoms with Gasteiger partial charge in [0.2, 0.25) is 0 Å². The molecule has 8 heteroatoms. The Balaban J connectivity index is 1.44. The third-order valence-electron chi connectivity index (χ3n) is 8.21. The SMILES string of the molecule is CC(C)[C@H]1CC(c2cc(F)c3nc(-c4ccc(S(C)(=O)=O)cc4)n(C)c3c2)CCN1C1CCNCC1. The van der Waals surface area contributed by atoms with Crippen molar-refractivity contribution in [3.05, 3.63) is 47.8 Å². The van der Waals surface area contributed by atoms with E-state index >= 15 is 4.39 Å². The van der Waals surface area contributed by atoms with Crippen LogP contribution in [0.25, 0.3) is 22.4 Å². The Morgan fingerprint density at radius 1 is 1.08 bits per heavy atom. The van der Waals surface area contributed by atoms with Crippen molar-refractivity contribution in [2.24, 2.45) is 13.0 Å². The molecule has 3 aromatic rings. The Morgan fingerprint density at radius 2 is 1.78 bits per heavy atom. The van der Waals surface area contributed by atoms with Gasteiger partial charge >= 0.3 is 0 Å². The largest absolute Gasteiger partial charge is 0.327 e. The summed E-state index contributed by atoms with van der Waals surface area (Å²) in [5.41, 5.74) is 2.94. The van der Waals surface area contributed by atoms with E-state index in [1.807, 2.05) is 11.6 Å². The zero-order valence-electron chi connectivity index (χ0n) is 21.7. The van der Waals surface area contributed by atoms with E-state index in [2.05, 4.69) is 35.1 Å². The van der Waals surface area contributed by atoms with Gasteiger partial charge < -0.3 is 9.88 Å². The maximum atomic E-state index is 15.4. The zero-order chi connectivity index (χ0) is 25.6. The minimum absolute atomic E-state index is 0.258. The Kier molecular flexibility index (Phi) is 6.96. The van der Waals surface area contributed by atoms with Crippen molar-refractivity contribution in [3.63, 3.8) is 0 Å². The Labute approximate surface area is 213 Å². The summed E-state index contributed by atoms with van der Waals surface area (Å²) in [5, 5.41) is 3.48. The van der Waals surface area contributed by atoms with Gasteiger partial charge in [-0.2, -0.15) is 0 Å². The number of aryl methyl sites for hydroxylation is 1. The van der Waals surface area contributed by atoms with Crippen LogP contribution >= 0.6 is 0 Å². The molecule has 2 fully saturated rings. The average Bonchev–Trinajstić information content (AvgIpc) is 3.20. The molecule has 0 radical (unpaired) electrons. The number of imidazole rings is 1. The Morgan fingerprint density at radius 3 is 2.42 bits per heavy atom. The van der Waals surface area contributed by atoms with Gasteiger partial charge in [0.05, 0.1) is 10.4 Å². The van der Waals surface area contributed by atoms with Gasteiger partial charge in [-0.3, -0.25) is 4.90 Å². The van der Waals surface area contributed by atoms with E-state index in [1.165, 1.54) is 19.1 Å². The number of hydrogen-bond donors (Lipinski definition) is 1. The summed E-state index contributed by atoms with van der Waals surface area (Å²) in [6, 6.07) is 11.6. The number of halogens is 1. The number of rotatable bonds is 5. The minimum atomic E-state index is -3.28. The monoisotopic (exact) mass is 512 g/mol. The second-order valence-corrected chi connectivity index (χ2v) is 12.9. The number of likely N-dealkylation sites (tertiary alicyclic amines) is 1. The standard InChI is InChI=1S/C28H37FN4O2S/c1-18(2)25-16-20(11-14-33(25)22-9-12-30-13-10-22)21-15-24(29)27-26(17-21)32(3)28(31-27)19-5-7-23(8-6-19)36(4,34)35/h5-8,15,17-18,20,22,25,30H,9-14,16H2,1-4H3/t20?,25-/m1/s1. The van der Waals surface area contributed by atoms with Crippen LogP contribution in [-0.2, 0) is 16.9 Å². The molecule has 0 spiro atoms. The zero-order valence-corrected chi connectivity index (χ0v) is 22.5. The smallest absolute Gasteiger partial charge is 0.175 e. The van der Waals surface area contributed by atoms with Crippen molar-refractivity contribution in [1.29, 1.82) is 0 Å². The number of piperidine rings is 2. The van der Waals surface area contributed by atoms with Crippen LogP contribution in [0.1, 0.15) is 51.0 Å². The lowest BCUT2D eigenvalue weighted by Crippen LogP contribution is -2.53. The van der Waals surface area contributed by atoms with Crippen LogP contribution in [0.15, 0.2) is 41.3 Å². The molecule has 36 heavy (non-hydrogen) atoms. The topological polar surface area (TPSA) is 67.2 Å². The number of aromatic nitrogens is 2. The molecule has 1 aromatic heterocycles. The lowest BCUT2D eigenvalue weighted by atomic mass is 9.80. The number of fused-ring (bicyclic) bond motifs is 1. The summed E-state index contributed by atoms with van der Waals surface area (Å²) in [6.07, 6.45) is 5.68. The molecule has 0 saturated carbocycles. The average molecular weight is 513 g/mol. The van der Waals surface area contributed by atoms with Crippen LogP contribution in [0.3, 0.4) is 0 Å². The van der Waals surface area contributed by atoms with Crippen molar-refractivity contribution in [3.8, 4) is 11.4 Å². The molecular weight excluding hydrogens is 475 g/mol. The Bertz CT molecular complexity index is 1340. The van der Waals surface area contributed by atoms with Gasteiger partial charge in [0.1, 0.15) is 11.3 Å². The van der Waals surface area contributed by atoms with E-state index in [4.69, 9.17) is 0 Å². The number of benzene rings is 2. The third kappa shape index (κ3) is 4.83. The first kappa shape index (κ1) is 25.4. The molecule has 1 N–H and O–H groups in total. The summed E-state index contributed by atoms with van der Waals surface area (Å²) in [4.78, 5) is 7.59. The molecule has 0 bridgehead atoms. The van der Waals surface area contributed by atoms with Crippen molar-refractivity contribution in [2.45, 2.75) is 62.4 Å². The molecule has 6 nitrogen and oxygen atoms in total. The lowest BCUT2D eigenvalue weighted by molar-refractivity contribution is 0.0431. The van der Waals surface area contributed by atoms with Crippen molar-refractivity contribution < 1.29 is 12.8 Å². The molecule has 2 aliphatic heterocycles. The van der Waals surface area contributed by atoms with Crippen molar-refractivity contribution in [1.82, 2.24) is 19.8 Å². The van der Waals surface area contributed by atoms with Gasteiger partial charge in [-0.25, -0.2) is 17.8 Å². The van der Waals surface area contributed by atoms with E-state index in [1.54, 1.807) is 30.3 Å². The first-order valence-corrected chi connectivity index (χ1v) is 15.0. The van der Waals surface area contributed by atoms with E-state index in [0.29, 0.717) is 35.3 Å². The first-order valence-electron chi connectivity index (χ1n) is 13.1. The third-order valence-corrected chi connectivity index (χ3v) is 9.34. The fourth-order valence-electron chi connectivity index (χ4n) is 6.18. The highest BCUT2D eigenvalue weighted by atomic mass is 32.2. The summed E-state index contributed by atoms with van der Waals surface area (Å²) >= 11 is 0. The maximum Gasteiger partial charge on any atom is 0.175 e. The molecule has 1 unspecified atom stereocenters. The van der Waals surface area contributed by atoms with E-state index in [0.717, 1.165) is 49.1 Å². The molecule has 2 aliphatic rings. The fourth-order valence-corrected chi connectivity index (χ4v) is 6.81. The predicted molar refractivity (Wildman–Crippen MR) is 142 cm³/mol. The molecule has 2 aromatic carbocycles. The highest BCUT2D eigenvalue weighted by molar-refractivity contribution is 7.90. The van der Waals surface area contributed by atoms with E-state index in [9.17, 15) is 8.42 Å². The molecular formula is C28H37FN4O2S. The van der Waals surface area contributed by atoms with Crippen LogP contribution in [-0.4, -0.2) is 60.8 Å². The maximum absolute atomic E-state index is 15.4. The quantitative estimate of drug-likeness (QED) is 0.535. The highest BCUT2D eigenvalue weighted by Crippen LogP contribution is 2.38. The van der Waals surface area contributed by atoms with E-state index in [-0.39, 0.29) is 10.7 Å². The van der Waals surface area contributed by atoms with Gasteiger partial charge in [0, 0.05) is 31.0 Å². The molecule has 5 rings (SSSR count). The minimum Gasteiger partial charge on any atom is -0.327 e. The molecule has 0 amide bonds. The van der Waals surface area contributed by atoms with E-state index < -0.39 is 9.84 Å². The molecule has 3 heterocycles. The normalized spacial score (nSPS) is 22.5. The van der Waals surface area contributed by atoms with Crippen molar-refractivity contribution >= 4 is 20.9 Å². The van der Waals surface area contributed by atoms with Gasteiger partial charge in [-0.1, -0.05) is 13.8 Å². The molecule has 0 aliphatic carbocycles. The summed E-state index contributed by atoms with van der Waals surface area (Å²) < 4.78 is 40.9. The number of nitrogens with one attached hydrogen (secondary N) is 1. The molecule has 2 saturated heterocycles. The van der Waals surface area contributed by atoms with Gasteiger partial charge in [0.25, 0.3) is 0 Å². The molecule has 194 valence electrons. The fraction of sp³-hybridized carbons (Fsp3) is 0.536. The number of hydrogen-bond acceptors (Lipinski definition) is 5. The number of sulfone groups is 1. The van der Waals surface area contributed by atoms with Crippen molar-refractivity contribution in [2.75, 3.05) is 25.9 Å². The van der Waals surface area contributed by atoms with Crippen LogP contribution in [0.4, 0.5) is 4.39 Å². The summed E-state index contributed by atoms with van der Waals surface area (Å²) in [5.74, 6) is 1.21. The predicted octanol–water partition coefficient (Wildman–Crippen LogP) is 4.74. The first-order chi connectivity index (χ1) is 17.1. The van der Waals surface area contributed by atoms with Crippen LogP contribution < -0.4 is 5.32 Å². The second kappa shape index (κ2) is 9.88. The molecule has 2 atom stereocenters. The summed E-state index contributed by atoms with van der Waals surface area (Å²) in [6.45, 7) is 7.87. The van der Waals surface area contributed by atoms with Crippen LogP contribution in [0.5, 0.6) is 0 Å². The second-order valence-electron chi connectivity index (χ2n) is 10.9. The highest BCUT2D eigenvalue weighted by Gasteiger charge is 2.36. The van der Waals surface area contributed by atoms with Gasteiger partial charge in [0.15, 0.2) is 15.7 Å².